The highest BCUT2D eigenvalue weighted by Crippen LogP contribution is 2.31. The minimum Gasteiger partial charge on any atom is -0.380 e. The van der Waals surface area contributed by atoms with Gasteiger partial charge in [-0.25, -0.2) is 5.01 Å². The fraction of sp³-hybridized carbons (Fsp3) is 0.111. The maximum atomic E-state index is 12.3. The molecule has 0 saturated heterocycles. The maximum Gasteiger partial charge on any atom is 0.276 e. The van der Waals surface area contributed by atoms with Gasteiger partial charge in [0.1, 0.15) is 13.5 Å². The first kappa shape index (κ1) is 17.0. The molecule has 2 aliphatic heterocycles. The van der Waals surface area contributed by atoms with Crippen LogP contribution in [0.1, 0.15) is 41.4 Å². The van der Waals surface area contributed by atoms with Crippen LogP contribution in [-0.2, 0) is 0 Å². The Kier molecular flexibility index (Phi) is 3.84. The Labute approximate surface area is 152 Å². The van der Waals surface area contributed by atoms with Crippen LogP contribution >= 0.6 is 0 Å². The lowest BCUT2D eigenvalue weighted by atomic mass is 9.97. The van der Waals surface area contributed by atoms with Gasteiger partial charge in [-0.15, -0.1) is 0 Å². The summed E-state index contributed by atoms with van der Waals surface area (Å²) in [6.45, 7) is -1.27. The molecule has 2 aromatic carbocycles. The lowest BCUT2D eigenvalue weighted by Crippen LogP contribution is -2.42. The molecule has 4 amide bonds. The predicted octanol–water partition coefficient (Wildman–Crippen LogP) is -0.0502. The largest absolute Gasteiger partial charge is 0.380 e. The number of aliphatic hydroxyl groups excluding tert-OH is 2. The van der Waals surface area contributed by atoms with Crippen molar-refractivity contribution in [2.75, 3.05) is 13.5 Å². The molecule has 0 radical (unpaired) electrons. The molecule has 0 spiro atoms. The van der Waals surface area contributed by atoms with Crippen molar-refractivity contribution < 1.29 is 29.4 Å². The van der Waals surface area contributed by atoms with Gasteiger partial charge in [-0.1, -0.05) is 12.1 Å². The third-order valence-electron chi connectivity index (χ3n) is 4.56. The van der Waals surface area contributed by atoms with Gasteiger partial charge in [-0.3, -0.25) is 24.1 Å². The quantitative estimate of drug-likeness (QED) is 0.511. The number of amides is 4. The van der Waals surface area contributed by atoms with Gasteiger partial charge in [0.05, 0.1) is 22.3 Å². The van der Waals surface area contributed by atoms with Gasteiger partial charge in [0.2, 0.25) is 0 Å². The number of imide groups is 2. The van der Waals surface area contributed by atoms with Gasteiger partial charge >= 0.3 is 0 Å². The number of hydrazine groups is 1. The van der Waals surface area contributed by atoms with Crippen LogP contribution in [0.15, 0.2) is 36.4 Å². The molecule has 3 N–H and O–H groups in total. The average molecular weight is 367 g/mol. The molecule has 0 saturated carbocycles. The summed E-state index contributed by atoms with van der Waals surface area (Å²) in [7, 11) is 0. The molecule has 0 aliphatic carbocycles. The minimum absolute atomic E-state index is 0.165. The Bertz CT molecular complexity index is 1030. The van der Waals surface area contributed by atoms with E-state index in [2.05, 4.69) is 5.43 Å². The van der Waals surface area contributed by atoms with Crippen LogP contribution < -0.4 is 5.43 Å². The second kappa shape index (κ2) is 6.09. The number of fused-ring (bicyclic) bond motifs is 2. The van der Waals surface area contributed by atoms with E-state index in [0.717, 1.165) is 9.91 Å². The number of carbonyl (C=O) groups is 4. The number of aliphatic hydroxyl groups is 2. The smallest absolute Gasteiger partial charge is 0.276 e. The molecular formula is C18H13N3O6. The molecule has 0 fully saturated rings. The van der Waals surface area contributed by atoms with Crippen LogP contribution in [0.5, 0.6) is 0 Å². The first-order chi connectivity index (χ1) is 13.0. The zero-order valence-corrected chi connectivity index (χ0v) is 13.8. The molecule has 4 rings (SSSR count). The van der Waals surface area contributed by atoms with Crippen molar-refractivity contribution >= 4 is 23.6 Å². The zero-order chi connectivity index (χ0) is 19.3. The maximum absolute atomic E-state index is 12.3. The van der Waals surface area contributed by atoms with Crippen molar-refractivity contribution in [1.82, 2.24) is 15.3 Å². The molecule has 0 unspecified atom stereocenters. The van der Waals surface area contributed by atoms with Crippen molar-refractivity contribution in [2.45, 2.75) is 0 Å². The Morgan fingerprint density at radius 3 is 1.74 bits per heavy atom. The highest BCUT2D eigenvalue weighted by atomic mass is 16.3. The number of hydrogen-bond donors (Lipinski definition) is 3. The molecule has 2 heterocycles. The molecule has 9 heteroatoms. The molecular weight excluding hydrogens is 354 g/mol. The monoisotopic (exact) mass is 367 g/mol. The minimum atomic E-state index is -0.704. The lowest BCUT2D eigenvalue weighted by Gasteiger charge is -2.11. The molecule has 2 aromatic rings. The van der Waals surface area contributed by atoms with E-state index in [1.54, 1.807) is 12.1 Å². The van der Waals surface area contributed by atoms with Gasteiger partial charge in [0, 0.05) is 0 Å². The fourth-order valence-electron chi connectivity index (χ4n) is 3.23. The normalized spacial score (nSPS) is 15.6. The number of rotatable bonds is 4. The van der Waals surface area contributed by atoms with Crippen molar-refractivity contribution in [3.63, 3.8) is 0 Å². The Morgan fingerprint density at radius 2 is 1.19 bits per heavy atom. The van der Waals surface area contributed by atoms with Crippen LogP contribution in [0.25, 0.3) is 11.1 Å². The van der Waals surface area contributed by atoms with Gasteiger partial charge in [0.25, 0.3) is 23.6 Å². The molecule has 0 bridgehead atoms. The summed E-state index contributed by atoms with van der Waals surface area (Å²) in [5.41, 5.74) is 4.16. The van der Waals surface area contributed by atoms with Crippen molar-refractivity contribution in [1.29, 1.82) is 0 Å². The molecule has 9 nitrogen and oxygen atoms in total. The molecule has 0 atom stereocenters. The van der Waals surface area contributed by atoms with E-state index in [-0.39, 0.29) is 22.3 Å². The fourth-order valence-corrected chi connectivity index (χ4v) is 3.23. The Morgan fingerprint density at radius 1 is 0.704 bits per heavy atom. The second-order valence-corrected chi connectivity index (χ2v) is 5.96. The van der Waals surface area contributed by atoms with E-state index in [1.807, 2.05) is 0 Å². The first-order valence-corrected chi connectivity index (χ1v) is 7.96. The van der Waals surface area contributed by atoms with Gasteiger partial charge in [-0.2, -0.15) is 5.43 Å². The van der Waals surface area contributed by atoms with E-state index in [0.29, 0.717) is 11.1 Å². The van der Waals surface area contributed by atoms with E-state index in [4.69, 9.17) is 5.11 Å². The van der Waals surface area contributed by atoms with Crippen LogP contribution in [0, 0.1) is 0 Å². The van der Waals surface area contributed by atoms with Crippen molar-refractivity contribution in [2.24, 2.45) is 0 Å². The first-order valence-electron chi connectivity index (χ1n) is 7.96. The number of carbonyl (C=O) groups excluding carboxylic acids is 4. The topological polar surface area (TPSA) is 127 Å². The number of hydrogen-bond acceptors (Lipinski definition) is 7. The van der Waals surface area contributed by atoms with E-state index in [9.17, 15) is 24.3 Å². The van der Waals surface area contributed by atoms with Gasteiger partial charge < -0.3 is 10.2 Å². The summed E-state index contributed by atoms with van der Waals surface area (Å²) in [6.07, 6.45) is 0. The third-order valence-corrected chi connectivity index (χ3v) is 4.56. The van der Waals surface area contributed by atoms with Crippen molar-refractivity contribution in [3.8, 4) is 11.1 Å². The highest BCUT2D eigenvalue weighted by molar-refractivity contribution is 6.22. The highest BCUT2D eigenvalue weighted by Gasteiger charge is 2.37. The number of benzene rings is 2. The average Bonchev–Trinajstić information content (AvgIpc) is 3.07. The van der Waals surface area contributed by atoms with E-state index < -0.39 is 37.1 Å². The van der Waals surface area contributed by atoms with Crippen LogP contribution in [-0.4, -0.2) is 57.2 Å². The van der Waals surface area contributed by atoms with Crippen LogP contribution in [0.3, 0.4) is 0 Å². The van der Waals surface area contributed by atoms with Gasteiger partial charge in [-0.05, 0) is 35.4 Å². The lowest BCUT2D eigenvalue weighted by molar-refractivity contribution is 0.0473. The second-order valence-electron chi connectivity index (χ2n) is 5.96. The Hall–Kier alpha value is -3.40. The predicted molar refractivity (Wildman–Crippen MR) is 90.2 cm³/mol. The van der Waals surface area contributed by atoms with E-state index >= 15 is 0 Å². The Balaban J connectivity index is 1.75. The standard InChI is InChI=1S/C18H13N3O6/c22-7-19-21-17(26)12-4-2-10(6-14(12)18(21)27)9-1-3-11-13(5-9)16(25)20(8-23)15(11)24/h1-6,19,22-23H,7-8H2. The summed E-state index contributed by atoms with van der Waals surface area (Å²) in [5, 5.41) is 18.8. The summed E-state index contributed by atoms with van der Waals surface area (Å²) < 4.78 is 0. The molecule has 0 aromatic heterocycles. The van der Waals surface area contributed by atoms with Crippen LogP contribution in [0.4, 0.5) is 0 Å². The summed E-state index contributed by atoms with van der Waals surface area (Å²) >= 11 is 0. The summed E-state index contributed by atoms with van der Waals surface area (Å²) in [5.74, 6) is -2.32. The van der Waals surface area contributed by atoms with Gasteiger partial charge in [0.15, 0.2) is 0 Å². The summed E-state index contributed by atoms with van der Waals surface area (Å²) in [4.78, 5) is 49.5. The number of nitrogens with one attached hydrogen (secondary N) is 1. The molecule has 136 valence electrons. The number of nitrogens with zero attached hydrogens (tertiary/aromatic N) is 2. The third kappa shape index (κ3) is 2.37. The zero-order valence-electron chi connectivity index (χ0n) is 13.8. The molecule has 27 heavy (non-hydrogen) atoms. The summed E-state index contributed by atoms with van der Waals surface area (Å²) in [6, 6.07) is 9.25. The van der Waals surface area contributed by atoms with Crippen LogP contribution in [0.2, 0.25) is 0 Å². The molecule has 2 aliphatic rings. The van der Waals surface area contributed by atoms with Crippen molar-refractivity contribution in [3.05, 3.63) is 58.7 Å². The van der Waals surface area contributed by atoms with E-state index in [1.165, 1.54) is 24.3 Å². The SMILES string of the molecule is O=C1c2ccc(-c3ccc4c(c3)C(=O)N(NCO)C4=O)cc2C(=O)N1CO.